The van der Waals surface area contributed by atoms with Crippen molar-refractivity contribution < 1.29 is 14.3 Å². The highest BCUT2D eigenvalue weighted by atomic mass is 79.9. The molecule has 1 aromatic rings. The lowest BCUT2D eigenvalue weighted by Gasteiger charge is -2.21. The lowest BCUT2D eigenvalue weighted by atomic mass is 10.2. The molecule has 5 heteroatoms. The van der Waals surface area contributed by atoms with E-state index in [1.165, 1.54) is 0 Å². The lowest BCUT2D eigenvalue weighted by molar-refractivity contribution is -0.136. The van der Waals surface area contributed by atoms with E-state index in [9.17, 15) is 9.59 Å². The van der Waals surface area contributed by atoms with Gasteiger partial charge >= 0.3 is 0 Å². The van der Waals surface area contributed by atoms with E-state index in [4.69, 9.17) is 4.74 Å². The van der Waals surface area contributed by atoms with Gasteiger partial charge in [0, 0.05) is 18.7 Å². The number of likely N-dealkylation sites (tertiary alicyclic amines) is 1. The monoisotopic (exact) mass is 325 g/mol. The number of hydrogen-bond acceptors (Lipinski definition) is 3. The highest BCUT2D eigenvalue weighted by molar-refractivity contribution is 9.10. The smallest absolute Gasteiger partial charge is 0.263 e. The van der Waals surface area contributed by atoms with E-state index in [-0.39, 0.29) is 5.91 Å². The molecule has 1 atom stereocenters. The van der Waals surface area contributed by atoms with Crippen molar-refractivity contribution >= 4 is 28.1 Å². The average Bonchev–Trinajstić information content (AvgIpc) is 2.94. The summed E-state index contributed by atoms with van der Waals surface area (Å²) in [6.07, 6.45) is 2.39. The minimum absolute atomic E-state index is 0.0175. The molecule has 19 heavy (non-hydrogen) atoms. The number of carbonyl (C=O) groups is 2. The molecule has 1 unspecified atom stereocenters. The number of benzene rings is 1. The van der Waals surface area contributed by atoms with E-state index < -0.39 is 6.10 Å². The average molecular weight is 326 g/mol. The minimum atomic E-state index is -0.517. The number of nitrogens with zero attached hydrogens (tertiary/aromatic N) is 1. The van der Waals surface area contributed by atoms with Crippen LogP contribution in [0.15, 0.2) is 22.7 Å². The third-order valence-corrected chi connectivity index (χ3v) is 3.78. The molecule has 0 N–H and O–H groups in total. The first-order valence-corrected chi connectivity index (χ1v) is 7.11. The number of ether oxygens (including phenoxy) is 1. The largest absolute Gasteiger partial charge is 0.480 e. The highest BCUT2D eigenvalue weighted by Crippen LogP contribution is 2.27. The van der Waals surface area contributed by atoms with Crippen LogP contribution in [-0.4, -0.2) is 36.3 Å². The Kier molecular flexibility index (Phi) is 4.58. The summed E-state index contributed by atoms with van der Waals surface area (Å²) in [5.74, 6) is 0.592. The van der Waals surface area contributed by atoms with E-state index in [1.54, 1.807) is 25.1 Å². The zero-order valence-corrected chi connectivity index (χ0v) is 12.4. The fourth-order valence-corrected chi connectivity index (χ4v) is 2.61. The summed E-state index contributed by atoms with van der Waals surface area (Å²) in [5, 5.41) is 0. The Morgan fingerprint density at radius 2 is 2.11 bits per heavy atom. The number of halogens is 1. The third kappa shape index (κ3) is 3.35. The Morgan fingerprint density at radius 1 is 1.42 bits per heavy atom. The van der Waals surface area contributed by atoms with Crippen LogP contribution in [0.3, 0.4) is 0 Å². The molecule has 1 aliphatic heterocycles. The Morgan fingerprint density at radius 3 is 2.68 bits per heavy atom. The molecule has 0 aromatic heterocycles. The topological polar surface area (TPSA) is 46.6 Å². The van der Waals surface area contributed by atoms with Crippen LogP contribution in [0.1, 0.15) is 30.1 Å². The van der Waals surface area contributed by atoms with E-state index in [1.807, 2.05) is 4.90 Å². The van der Waals surface area contributed by atoms with E-state index in [2.05, 4.69) is 15.9 Å². The van der Waals surface area contributed by atoms with Gasteiger partial charge in [-0.15, -0.1) is 0 Å². The quantitative estimate of drug-likeness (QED) is 0.799. The van der Waals surface area contributed by atoms with Gasteiger partial charge in [0.25, 0.3) is 5.91 Å². The summed E-state index contributed by atoms with van der Waals surface area (Å²) >= 11 is 3.34. The summed E-state index contributed by atoms with van der Waals surface area (Å²) < 4.78 is 6.34. The van der Waals surface area contributed by atoms with Gasteiger partial charge in [-0.3, -0.25) is 9.59 Å². The molecule has 102 valence electrons. The van der Waals surface area contributed by atoms with Gasteiger partial charge < -0.3 is 9.64 Å². The molecular formula is C14H16BrNO3. The van der Waals surface area contributed by atoms with Gasteiger partial charge in [-0.25, -0.2) is 0 Å². The van der Waals surface area contributed by atoms with Crippen molar-refractivity contribution in [1.29, 1.82) is 0 Å². The van der Waals surface area contributed by atoms with Crippen LogP contribution >= 0.6 is 15.9 Å². The number of amides is 1. The van der Waals surface area contributed by atoms with Gasteiger partial charge in [-0.1, -0.05) is 0 Å². The molecule has 0 spiro atoms. The summed E-state index contributed by atoms with van der Waals surface area (Å²) in [5.41, 5.74) is 0.567. The van der Waals surface area contributed by atoms with Crippen molar-refractivity contribution in [1.82, 2.24) is 4.90 Å². The second-order valence-corrected chi connectivity index (χ2v) is 5.45. The van der Waals surface area contributed by atoms with Gasteiger partial charge in [-0.2, -0.15) is 0 Å². The molecule has 0 aliphatic carbocycles. The van der Waals surface area contributed by atoms with Crippen LogP contribution in [0.4, 0.5) is 0 Å². The van der Waals surface area contributed by atoms with Crippen LogP contribution in [0, 0.1) is 0 Å². The van der Waals surface area contributed by atoms with Crippen LogP contribution in [-0.2, 0) is 4.79 Å². The Hall–Kier alpha value is -1.36. The van der Waals surface area contributed by atoms with Crippen LogP contribution in [0.2, 0.25) is 0 Å². The Labute approximate surface area is 120 Å². The fraction of sp³-hybridized carbons (Fsp3) is 0.429. The molecule has 2 rings (SSSR count). The molecule has 0 bridgehead atoms. The van der Waals surface area contributed by atoms with Crippen molar-refractivity contribution in [2.45, 2.75) is 25.9 Å². The Balaban J connectivity index is 2.03. The van der Waals surface area contributed by atoms with Crippen molar-refractivity contribution in [3.63, 3.8) is 0 Å². The van der Waals surface area contributed by atoms with Crippen molar-refractivity contribution in [3.05, 3.63) is 28.2 Å². The van der Waals surface area contributed by atoms with E-state index in [0.29, 0.717) is 15.8 Å². The van der Waals surface area contributed by atoms with Crippen molar-refractivity contribution in [2.75, 3.05) is 13.1 Å². The fourth-order valence-electron chi connectivity index (χ4n) is 2.12. The molecule has 1 heterocycles. The molecular weight excluding hydrogens is 310 g/mol. The first-order valence-electron chi connectivity index (χ1n) is 6.32. The second-order valence-electron chi connectivity index (χ2n) is 4.60. The molecule has 0 radical (unpaired) electrons. The van der Waals surface area contributed by atoms with Crippen LogP contribution in [0.5, 0.6) is 5.75 Å². The first-order chi connectivity index (χ1) is 9.11. The molecule has 1 amide bonds. The first kappa shape index (κ1) is 14.1. The number of carbonyl (C=O) groups excluding carboxylic acids is 2. The maximum absolute atomic E-state index is 12.1. The molecule has 1 aromatic carbocycles. The van der Waals surface area contributed by atoms with Crippen molar-refractivity contribution in [3.8, 4) is 5.75 Å². The molecule has 0 saturated carbocycles. The molecule has 1 aliphatic rings. The predicted octanol–water partition coefficient (Wildman–Crippen LogP) is 2.65. The van der Waals surface area contributed by atoms with Gasteiger partial charge in [0.1, 0.15) is 12.0 Å². The SMILES string of the molecule is CC(Oc1ccc(C=O)cc1Br)C(=O)N1CCCC1. The van der Waals surface area contributed by atoms with Crippen LogP contribution in [0.25, 0.3) is 0 Å². The van der Waals surface area contributed by atoms with Gasteiger partial charge in [-0.05, 0) is 53.9 Å². The van der Waals surface area contributed by atoms with Gasteiger partial charge in [0.15, 0.2) is 6.10 Å². The van der Waals surface area contributed by atoms with E-state index >= 15 is 0 Å². The number of aldehydes is 1. The second kappa shape index (κ2) is 6.19. The third-order valence-electron chi connectivity index (χ3n) is 3.16. The van der Waals surface area contributed by atoms with E-state index in [0.717, 1.165) is 32.2 Å². The summed E-state index contributed by atoms with van der Waals surface area (Å²) in [7, 11) is 0. The predicted molar refractivity (Wildman–Crippen MR) is 75.4 cm³/mol. The highest BCUT2D eigenvalue weighted by Gasteiger charge is 2.24. The zero-order valence-electron chi connectivity index (χ0n) is 10.8. The standard InChI is InChI=1S/C14H16BrNO3/c1-10(14(18)16-6-2-3-7-16)19-13-5-4-11(9-17)8-12(13)15/h4-5,8-10H,2-3,6-7H2,1H3. The van der Waals surface area contributed by atoms with Gasteiger partial charge in [0.2, 0.25) is 0 Å². The summed E-state index contributed by atoms with van der Waals surface area (Å²) in [4.78, 5) is 24.6. The molecule has 1 saturated heterocycles. The zero-order chi connectivity index (χ0) is 13.8. The Bertz CT molecular complexity index is 484. The normalized spacial score (nSPS) is 16.2. The minimum Gasteiger partial charge on any atom is -0.480 e. The summed E-state index contributed by atoms with van der Waals surface area (Å²) in [6.45, 7) is 3.39. The number of hydrogen-bond donors (Lipinski definition) is 0. The number of rotatable bonds is 4. The van der Waals surface area contributed by atoms with Crippen molar-refractivity contribution in [2.24, 2.45) is 0 Å². The molecule has 1 fully saturated rings. The maximum atomic E-state index is 12.1. The lowest BCUT2D eigenvalue weighted by Crippen LogP contribution is -2.38. The summed E-state index contributed by atoms with van der Waals surface area (Å²) in [6, 6.07) is 5.04. The molecule has 4 nitrogen and oxygen atoms in total. The maximum Gasteiger partial charge on any atom is 0.263 e. The van der Waals surface area contributed by atoms with Gasteiger partial charge in [0.05, 0.1) is 4.47 Å². The van der Waals surface area contributed by atoms with Crippen LogP contribution < -0.4 is 4.74 Å².